The van der Waals surface area contributed by atoms with Crippen LogP contribution in [0, 0.1) is 19.8 Å². The Morgan fingerprint density at radius 3 is 2.80 bits per heavy atom. The minimum Gasteiger partial charge on any atom is -0.465 e. The Kier molecular flexibility index (Phi) is 4.89. The average molecular weight is 362 g/mol. The van der Waals surface area contributed by atoms with Gasteiger partial charge in [0.2, 0.25) is 5.91 Å². The molecule has 1 aliphatic heterocycles. The first-order valence-electron chi connectivity index (χ1n) is 8.30. The summed E-state index contributed by atoms with van der Waals surface area (Å²) in [4.78, 5) is 36.0. The number of amides is 1. The normalized spacial score (nSPS) is 17.7. The molecule has 3 rings (SSSR count). The lowest BCUT2D eigenvalue weighted by Gasteiger charge is -2.33. The Bertz CT molecular complexity index is 833. The van der Waals surface area contributed by atoms with E-state index in [0.717, 1.165) is 47.5 Å². The maximum absolute atomic E-state index is 12.0. The molecule has 2 aromatic heterocycles. The highest BCUT2D eigenvalue weighted by molar-refractivity contribution is 7.20. The summed E-state index contributed by atoms with van der Waals surface area (Å²) in [5.41, 5.74) is 6.21. The molecule has 0 radical (unpaired) electrons. The average Bonchev–Trinajstić information content (AvgIpc) is 2.89. The molecule has 2 N–H and O–H groups in total. The summed E-state index contributed by atoms with van der Waals surface area (Å²) in [7, 11) is 1.38. The molecule has 1 fully saturated rings. The van der Waals surface area contributed by atoms with Crippen LogP contribution in [0.25, 0.3) is 10.2 Å². The van der Waals surface area contributed by atoms with Gasteiger partial charge in [-0.25, -0.2) is 14.8 Å². The Morgan fingerprint density at radius 1 is 1.36 bits per heavy atom. The van der Waals surface area contributed by atoms with Gasteiger partial charge in [0.25, 0.3) is 0 Å². The van der Waals surface area contributed by atoms with E-state index < -0.39 is 0 Å². The quantitative estimate of drug-likeness (QED) is 0.837. The third kappa shape index (κ3) is 3.44. The number of esters is 1. The summed E-state index contributed by atoms with van der Waals surface area (Å²) in [5.74, 6) is 1.11. The molecular formula is C17H22N4O3S. The smallest absolute Gasteiger partial charge is 0.348 e. The summed E-state index contributed by atoms with van der Waals surface area (Å²) in [6, 6.07) is 0. The minimum absolute atomic E-state index is 0.232. The number of aromatic nitrogens is 2. The number of thiophene rings is 1. The van der Waals surface area contributed by atoms with Crippen molar-refractivity contribution in [3.63, 3.8) is 0 Å². The predicted molar refractivity (Wildman–Crippen MR) is 97.0 cm³/mol. The number of nitrogens with zero attached hydrogens (tertiary/aromatic N) is 3. The molecule has 1 amide bonds. The number of rotatable bonds is 4. The zero-order valence-electron chi connectivity index (χ0n) is 14.7. The second-order valence-corrected chi connectivity index (χ2v) is 7.45. The number of carbonyl (C=O) groups excluding carboxylic acids is 2. The molecule has 1 unspecified atom stereocenters. The first-order valence-corrected chi connectivity index (χ1v) is 9.11. The maximum atomic E-state index is 12.0. The summed E-state index contributed by atoms with van der Waals surface area (Å²) in [6.45, 7) is 5.35. The third-order valence-electron chi connectivity index (χ3n) is 4.56. The van der Waals surface area contributed by atoms with E-state index in [1.165, 1.54) is 18.4 Å². The van der Waals surface area contributed by atoms with Crippen LogP contribution in [-0.4, -0.2) is 42.0 Å². The number of carbonyl (C=O) groups is 2. The van der Waals surface area contributed by atoms with E-state index >= 15 is 0 Å². The van der Waals surface area contributed by atoms with Crippen LogP contribution in [0.15, 0.2) is 0 Å². The standard InChI is InChI=1S/C17H22N4O3S/c1-9-13-15(21-6-4-5-11(8-21)7-12(18)22)19-10(2)20-16(13)25-14(9)17(23)24-3/h11H,4-8H2,1-3H3,(H2,18,22). The Balaban J connectivity index is 2.04. The highest BCUT2D eigenvalue weighted by Gasteiger charge is 2.27. The molecule has 134 valence electrons. The number of primary amides is 1. The molecule has 8 heteroatoms. The fourth-order valence-electron chi connectivity index (χ4n) is 3.45. The first kappa shape index (κ1) is 17.6. The van der Waals surface area contributed by atoms with Gasteiger partial charge in [-0.05, 0) is 38.2 Å². The summed E-state index contributed by atoms with van der Waals surface area (Å²) in [6.07, 6.45) is 2.36. The number of nitrogens with two attached hydrogens (primary N) is 1. The molecule has 0 saturated carbocycles. The van der Waals surface area contributed by atoms with Crippen molar-refractivity contribution in [3.8, 4) is 0 Å². The second-order valence-electron chi connectivity index (χ2n) is 6.45. The number of ether oxygens (including phenoxy) is 1. The van der Waals surface area contributed by atoms with Crippen molar-refractivity contribution < 1.29 is 14.3 Å². The van der Waals surface area contributed by atoms with Crippen molar-refractivity contribution in [3.05, 3.63) is 16.3 Å². The molecule has 1 saturated heterocycles. The zero-order valence-corrected chi connectivity index (χ0v) is 15.5. The van der Waals surface area contributed by atoms with Crippen molar-refractivity contribution in [2.24, 2.45) is 11.7 Å². The van der Waals surface area contributed by atoms with E-state index in [1.54, 1.807) is 0 Å². The third-order valence-corrected chi connectivity index (χ3v) is 5.73. The van der Waals surface area contributed by atoms with Crippen LogP contribution in [0.3, 0.4) is 0 Å². The maximum Gasteiger partial charge on any atom is 0.348 e. The molecule has 7 nitrogen and oxygen atoms in total. The van der Waals surface area contributed by atoms with Crippen LogP contribution in [-0.2, 0) is 9.53 Å². The van der Waals surface area contributed by atoms with E-state index in [0.29, 0.717) is 17.1 Å². The van der Waals surface area contributed by atoms with E-state index in [2.05, 4.69) is 14.9 Å². The lowest BCUT2D eigenvalue weighted by molar-refractivity contribution is -0.118. The number of aryl methyl sites for hydroxylation is 2. The van der Waals surface area contributed by atoms with Gasteiger partial charge in [-0.3, -0.25) is 4.79 Å². The summed E-state index contributed by atoms with van der Waals surface area (Å²) >= 11 is 1.33. The van der Waals surface area contributed by atoms with E-state index in [1.807, 2.05) is 13.8 Å². The lowest BCUT2D eigenvalue weighted by Crippen LogP contribution is -2.37. The Morgan fingerprint density at radius 2 is 2.12 bits per heavy atom. The van der Waals surface area contributed by atoms with E-state index in [4.69, 9.17) is 10.5 Å². The molecule has 0 bridgehead atoms. The van der Waals surface area contributed by atoms with Crippen molar-refractivity contribution in [1.82, 2.24) is 9.97 Å². The molecule has 0 aromatic carbocycles. The van der Waals surface area contributed by atoms with Gasteiger partial charge >= 0.3 is 5.97 Å². The lowest BCUT2D eigenvalue weighted by atomic mass is 9.94. The SMILES string of the molecule is COC(=O)c1sc2nc(C)nc(N3CCCC(CC(N)=O)C3)c2c1C. The Hall–Kier alpha value is -2.22. The number of methoxy groups -OCH3 is 1. The molecule has 0 aliphatic carbocycles. The minimum atomic E-state index is -0.352. The van der Waals surface area contributed by atoms with Crippen molar-refractivity contribution in [1.29, 1.82) is 0 Å². The number of fused-ring (bicyclic) bond motifs is 1. The molecule has 25 heavy (non-hydrogen) atoms. The van der Waals surface area contributed by atoms with Gasteiger partial charge in [0.05, 0.1) is 12.5 Å². The fraction of sp³-hybridized carbons (Fsp3) is 0.529. The van der Waals surface area contributed by atoms with Crippen LogP contribution < -0.4 is 10.6 Å². The molecule has 2 aromatic rings. The van der Waals surface area contributed by atoms with Gasteiger partial charge in [0, 0.05) is 19.5 Å². The number of anilines is 1. The number of piperidine rings is 1. The topological polar surface area (TPSA) is 98.4 Å². The van der Waals surface area contributed by atoms with Crippen LogP contribution in [0.2, 0.25) is 0 Å². The van der Waals surface area contributed by atoms with E-state index in [9.17, 15) is 9.59 Å². The second kappa shape index (κ2) is 6.95. The van der Waals surface area contributed by atoms with Gasteiger partial charge in [-0.2, -0.15) is 0 Å². The van der Waals surface area contributed by atoms with Gasteiger partial charge in [-0.15, -0.1) is 11.3 Å². The highest BCUT2D eigenvalue weighted by Crippen LogP contribution is 2.37. The van der Waals surface area contributed by atoms with Crippen molar-refractivity contribution in [2.75, 3.05) is 25.1 Å². The van der Waals surface area contributed by atoms with Crippen LogP contribution in [0.1, 0.15) is 40.3 Å². The molecule has 1 atom stereocenters. The van der Waals surface area contributed by atoms with Gasteiger partial charge in [-0.1, -0.05) is 0 Å². The van der Waals surface area contributed by atoms with Crippen LogP contribution in [0.4, 0.5) is 5.82 Å². The summed E-state index contributed by atoms with van der Waals surface area (Å²) in [5, 5.41) is 0.899. The molecule has 0 spiro atoms. The van der Waals surface area contributed by atoms with Crippen molar-refractivity contribution >= 4 is 39.2 Å². The first-order chi connectivity index (χ1) is 11.9. The van der Waals surface area contributed by atoms with Gasteiger partial charge < -0.3 is 15.4 Å². The largest absolute Gasteiger partial charge is 0.465 e. The summed E-state index contributed by atoms with van der Waals surface area (Å²) < 4.78 is 4.88. The van der Waals surface area contributed by atoms with Crippen molar-refractivity contribution in [2.45, 2.75) is 33.1 Å². The predicted octanol–water partition coefficient (Wildman–Crippen LogP) is 2.19. The van der Waals surface area contributed by atoms with Crippen LogP contribution >= 0.6 is 11.3 Å². The van der Waals surface area contributed by atoms with Gasteiger partial charge in [0.1, 0.15) is 21.3 Å². The highest BCUT2D eigenvalue weighted by atomic mass is 32.1. The zero-order chi connectivity index (χ0) is 18.1. The van der Waals surface area contributed by atoms with E-state index in [-0.39, 0.29) is 17.8 Å². The van der Waals surface area contributed by atoms with Gasteiger partial charge in [0.15, 0.2) is 0 Å². The van der Waals surface area contributed by atoms with Crippen LogP contribution in [0.5, 0.6) is 0 Å². The Labute approximate surface area is 150 Å². The number of hydrogen-bond donors (Lipinski definition) is 1. The number of hydrogen-bond acceptors (Lipinski definition) is 7. The molecule has 1 aliphatic rings. The fourth-order valence-corrected chi connectivity index (χ4v) is 4.59. The monoisotopic (exact) mass is 362 g/mol. The molecule has 3 heterocycles. The molecular weight excluding hydrogens is 340 g/mol.